The van der Waals surface area contributed by atoms with Gasteiger partial charge in [0.2, 0.25) is 0 Å². The molecule has 8 heteroatoms. The molecule has 1 saturated heterocycles. The van der Waals surface area contributed by atoms with Crippen LogP contribution in [0.3, 0.4) is 0 Å². The normalized spacial score (nSPS) is 16.3. The van der Waals surface area contributed by atoms with Crippen molar-refractivity contribution in [1.29, 1.82) is 0 Å². The van der Waals surface area contributed by atoms with E-state index in [4.69, 9.17) is 0 Å². The van der Waals surface area contributed by atoms with Crippen LogP contribution in [0, 0.1) is 11.6 Å². The molecule has 33 heavy (non-hydrogen) atoms. The standard InChI is InChI=1S/C25H22F2N4O2/c26-18-10-11-21(27)20(14-18)24(32)29-13-5-8-19(16-29)31-23-22(9-4-12-28-23)30(25(31)33)15-17-6-2-1-3-7-17/h1-4,6-7,9-12,14,19H,5,8,13,15-16H2/t19-/m0/s1. The Kier molecular flexibility index (Phi) is 5.50. The van der Waals surface area contributed by atoms with Gasteiger partial charge < -0.3 is 4.90 Å². The third-order valence-electron chi connectivity index (χ3n) is 6.11. The van der Waals surface area contributed by atoms with Crippen LogP contribution < -0.4 is 5.69 Å². The van der Waals surface area contributed by atoms with Crippen molar-refractivity contribution in [3.05, 3.63) is 100 Å². The lowest BCUT2D eigenvalue weighted by Crippen LogP contribution is -2.43. The fourth-order valence-electron chi connectivity index (χ4n) is 4.54. The van der Waals surface area contributed by atoms with E-state index in [0.29, 0.717) is 37.1 Å². The van der Waals surface area contributed by atoms with Crippen molar-refractivity contribution in [2.75, 3.05) is 13.1 Å². The summed E-state index contributed by atoms with van der Waals surface area (Å²) in [4.78, 5) is 32.4. The minimum absolute atomic E-state index is 0.205. The van der Waals surface area contributed by atoms with E-state index in [0.717, 1.165) is 23.8 Å². The van der Waals surface area contributed by atoms with Crippen LogP contribution in [0.5, 0.6) is 0 Å². The molecule has 0 aliphatic carbocycles. The summed E-state index contributed by atoms with van der Waals surface area (Å²) < 4.78 is 31.2. The smallest absolute Gasteiger partial charge is 0.330 e. The highest BCUT2D eigenvalue weighted by atomic mass is 19.1. The number of likely N-dealkylation sites (tertiary alicyclic amines) is 1. The molecule has 1 aliphatic heterocycles. The first-order chi connectivity index (χ1) is 16.0. The zero-order valence-electron chi connectivity index (χ0n) is 17.8. The molecule has 1 amide bonds. The van der Waals surface area contributed by atoms with Crippen molar-refractivity contribution in [2.45, 2.75) is 25.4 Å². The van der Waals surface area contributed by atoms with Crippen LogP contribution in [0.4, 0.5) is 8.78 Å². The van der Waals surface area contributed by atoms with Crippen LogP contribution in [0.1, 0.15) is 34.8 Å². The lowest BCUT2D eigenvalue weighted by molar-refractivity contribution is 0.0674. The maximum atomic E-state index is 14.2. The molecule has 6 nitrogen and oxygen atoms in total. The summed E-state index contributed by atoms with van der Waals surface area (Å²) in [7, 11) is 0. The number of carbonyl (C=O) groups excluding carboxylic acids is 1. The number of halogens is 2. The highest BCUT2D eigenvalue weighted by Gasteiger charge is 2.30. The monoisotopic (exact) mass is 448 g/mol. The van der Waals surface area contributed by atoms with Crippen molar-refractivity contribution >= 4 is 17.1 Å². The van der Waals surface area contributed by atoms with Gasteiger partial charge in [-0.1, -0.05) is 30.3 Å². The zero-order valence-corrected chi connectivity index (χ0v) is 17.8. The quantitative estimate of drug-likeness (QED) is 0.474. The predicted molar refractivity (Wildman–Crippen MR) is 120 cm³/mol. The molecule has 2 aromatic heterocycles. The van der Waals surface area contributed by atoms with Crippen molar-refractivity contribution < 1.29 is 13.6 Å². The Morgan fingerprint density at radius 3 is 2.70 bits per heavy atom. The number of carbonyl (C=O) groups is 1. The van der Waals surface area contributed by atoms with Gasteiger partial charge in [0, 0.05) is 19.3 Å². The number of amides is 1. The molecule has 0 saturated carbocycles. The molecule has 0 unspecified atom stereocenters. The van der Waals surface area contributed by atoms with Gasteiger partial charge in [0.1, 0.15) is 11.6 Å². The maximum Gasteiger partial charge on any atom is 0.330 e. The molecule has 1 fully saturated rings. The predicted octanol–water partition coefficient (Wildman–Crippen LogP) is 4.00. The zero-order chi connectivity index (χ0) is 22.9. The van der Waals surface area contributed by atoms with E-state index in [1.807, 2.05) is 36.4 Å². The topological polar surface area (TPSA) is 60.1 Å². The van der Waals surface area contributed by atoms with Crippen molar-refractivity contribution in [1.82, 2.24) is 19.0 Å². The van der Waals surface area contributed by atoms with Crippen molar-refractivity contribution in [2.24, 2.45) is 0 Å². The second kappa shape index (κ2) is 8.61. The molecule has 4 aromatic rings. The van der Waals surface area contributed by atoms with Crippen LogP contribution >= 0.6 is 0 Å². The Balaban J connectivity index is 1.50. The Morgan fingerprint density at radius 1 is 1.06 bits per heavy atom. The van der Waals surface area contributed by atoms with Gasteiger partial charge in [0.25, 0.3) is 5.91 Å². The molecule has 1 aliphatic rings. The third kappa shape index (κ3) is 3.92. The number of aromatic nitrogens is 3. The summed E-state index contributed by atoms with van der Waals surface area (Å²) in [5, 5.41) is 0. The van der Waals surface area contributed by atoms with E-state index in [1.54, 1.807) is 21.4 Å². The van der Waals surface area contributed by atoms with Crippen LogP contribution in [0.2, 0.25) is 0 Å². The number of hydrogen-bond acceptors (Lipinski definition) is 3. The van der Waals surface area contributed by atoms with Gasteiger partial charge in [-0.25, -0.2) is 18.6 Å². The first-order valence-electron chi connectivity index (χ1n) is 10.9. The molecular weight excluding hydrogens is 426 g/mol. The number of pyridine rings is 1. The first-order valence-corrected chi connectivity index (χ1v) is 10.9. The number of imidazole rings is 1. The van der Waals surface area contributed by atoms with E-state index < -0.39 is 17.5 Å². The second-order valence-electron chi connectivity index (χ2n) is 8.24. The van der Waals surface area contributed by atoms with Crippen LogP contribution in [0.15, 0.2) is 71.7 Å². The molecular formula is C25H22F2N4O2. The summed E-state index contributed by atoms with van der Waals surface area (Å²) >= 11 is 0. The lowest BCUT2D eigenvalue weighted by Gasteiger charge is -2.33. The third-order valence-corrected chi connectivity index (χ3v) is 6.11. The molecule has 168 valence electrons. The summed E-state index contributed by atoms with van der Waals surface area (Å²) in [6.45, 7) is 1.03. The molecule has 5 rings (SSSR count). The number of nitrogens with zero attached hydrogens (tertiary/aromatic N) is 4. The Morgan fingerprint density at radius 2 is 1.88 bits per heavy atom. The van der Waals surface area contributed by atoms with Gasteiger partial charge in [-0.3, -0.25) is 13.9 Å². The molecule has 3 heterocycles. The molecule has 0 radical (unpaired) electrons. The van der Waals surface area contributed by atoms with Gasteiger partial charge in [-0.15, -0.1) is 0 Å². The number of piperidine rings is 1. The van der Waals surface area contributed by atoms with Crippen LogP contribution in [-0.4, -0.2) is 38.0 Å². The summed E-state index contributed by atoms with van der Waals surface area (Å²) in [5.41, 5.74) is 1.75. The van der Waals surface area contributed by atoms with Crippen LogP contribution in [0.25, 0.3) is 11.2 Å². The lowest BCUT2D eigenvalue weighted by atomic mass is 10.0. The van der Waals surface area contributed by atoms with E-state index in [9.17, 15) is 18.4 Å². The van der Waals surface area contributed by atoms with E-state index in [-0.39, 0.29) is 23.8 Å². The van der Waals surface area contributed by atoms with E-state index in [1.165, 1.54) is 4.90 Å². The minimum Gasteiger partial charge on any atom is -0.336 e. The largest absolute Gasteiger partial charge is 0.336 e. The average molecular weight is 448 g/mol. The number of hydrogen-bond donors (Lipinski definition) is 0. The van der Waals surface area contributed by atoms with Crippen molar-refractivity contribution in [3.63, 3.8) is 0 Å². The van der Waals surface area contributed by atoms with Gasteiger partial charge in [-0.2, -0.15) is 0 Å². The Labute approximate surface area is 188 Å². The fraction of sp³-hybridized carbons (Fsp3) is 0.240. The molecule has 0 N–H and O–H groups in total. The summed E-state index contributed by atoms with van der Waals surface area (Å²) in [6.07, 6.45) is 2.95. The molecule has 0 spiro atoms. The van der Waals surface area contributed by atoms with Crippen molar-refractivity contribution in [3.8, 4) is 0 Å². The van der Waals surface area contributed by atoms with Gasteiger partial charge in [-0.05, 0) is 48.7 Å². The SMILES string of the molecule is O=C(c1cc(F)ccc1F)N1CCC[C@H](n2c(=O)n(Cc3ccccc3)c3cccnc32)C1. The minimum atomic E-state index is -0.762. The molecule has 2 aromatic carbocycles. The van der Waals surface area contributed by atoms with Gasteiger partial charge in [0.05, 0.1) is 23.7 Å². The number of rotatable bonds is 4. The number of benzene rings is 2. The Bertz CT molecular complexity index is 1380. The van der Waals surface area contributed by atoms with E-state index >= 15 is 0 Å². The van der Waals surface area contributed by atoms with E-state index in [2.05, 4.69) is 4.98 Å². The first kappa shape index (κ1) is 21.1. The molecule has 0 bridgehead atoms. The summed E-state index contributed by atoms with van der Waals surface area (Å²) in [5.74, 6) is -2.01. The summed E-state index contributed by atoms with van der Waals surface area (Å²) in [6, 6.07) is 15.9. The second-order valence-corrected chi connectivity index (χ2v) is 8.24. The van der Waals surface area contributed by atoms with Crippen LogP contribution in [-0.2, 0) is 6.54 Å². The highest BCUT2D eigenvalue weighted by Crippen LogP contribution is 2.26. The maximum absolute atomic E-state index is 14.2. The number of fused-ring (bicyclic) bond motifs is 1. The highest BCUT2D eigenvalue weighted by molar-refractivity contribution is 5.94. The van der Waals surface area contributed by atoms with Gasteiger partial charge >= 0.3 is 5.69 Å². The molecule has 1 atom stereocenters. The fourth-order valence-corrected chi connectivity index (χ4v) is 4.54. The average Bonchev–Trinajstić information content (AvgIpc) is 3.12. The Hall–Kier alpha value is -3.81. The van der Waals surface area contributed by atoms with Gasteiger partial charge in [0.15, 0.2) is 5.65 Å².